The third-order valence-corrected chi connectivity index (χ3v) is 7.10. The van der Waals surface area contributed by atoms with E-state index in [1.165, 1.54) is 44.2 Å². The molecular formula is C30H30F2N4O4. The highest BCUT2D eigenvalue weighted by atomic mass is 19.1. The van der Waals surface area contributed by atoms with Crippen molar-refractivity contribution in [2.45, 2.75) is 44.8 Å². The van der Waals surface area contributed by atoms with Crippen LogP contribution >= 0.6 is 0 Å². The maximum absolute atomic E-state index is 15.7. The van der Waals surface area contributed by atoms with Gasteiger partial charge in [-0.25, -0.2) is 13.8 Å². The molecule has 0 saturated heterocycles. The van der Waals surface area contributed by atoms with E-state index in [1.54, 1.807) is 13.0 Å². The van der Waals surface area contributed by atoms with Crippen LogP contribution in [0.1, 0.15) is 58.1 Å². The molecule has 0 unspecified atom stereocenters. The summed E-state index contributed by atoms with van der Waals surface area (Å²) < 4.78 is 56.9. The molecule has 40 heavy (non-hydrogen) atoms. The predicted octanol–water partition coefficient (Wildman–Crippen LogP) is 4.54. The van der Waals surface area contributed by atoms with Crippen molar-refractivity contribution in [2.24, 2.45) is 5.92 Å². The number of carbonyl (C=O) groups excluding carboxylic acids is 1. The molecular weight excluding hydrogens is 518 g/mol. The number of rotatable bonds is 8. The fraction of sp³-hybridized carbons (Fsp3) is 0.333. The number of hydrogen-bond acceptors (Lipinski definition) is 7. The highest BCUT2D eigenvalue weighted by Crippen LogP contribution is 2.46. The summed E-state index contributed by atoms with van der Waals surface area (Å²) in [5, 5.41) is 33.8. The van der Waals surface area contributed by atoms with Gasteiger partial charge in [-0.1, -0.05) is 0 Å². The summed E-state index contributed by atoms with van der Waals surface area (Å²) in [5.74, 6) is -2.48. The van der Waals surface area contributed by atoms with Gasteiger partial charge in [0.15, 0.2) is 5.82 Å². The average molecular weight is 552 g/mol. The third kappa shape index (κ3) is 5.24. The van der Waals surface area contributed by atoms with E-state index in [1.807, 2.05) is 0 Å². The zero-order valence-electron chi connectivity index (χ0n) is 25.1. The lowest BCUT2D eigenvalue weighted by molar-refractivity contribution is 0.00864. The first-order valence-corrected chi connectivity index (χ1v) is 12.7. The highest BCUT2D eigenvalue weighted by molar-refractivity contribution is 5.99. The highest BCUT2D eigenvalue weighted by Gasteiger charge is 2.47. The number of aryl methyl sites for hydroxylation is 1. The van der Waals surface area contributed by atoms with Crippen LogP contribution in [0, 0.1) is 24.5 Å². The summed E-state index contributed by atoms with van der Waals surface area (Å²) >= 11 is 0. The summed E-state index contributed by atoms with van der Waals surface area (Å²) in [4.78, 5) is 17.8. The normalized spacial score (nSPS) is 16.5. The first-order valence-electron chi connectivity index (χ1n) is 14.2. The van der Waals surface area contributed by atoms with E-state index in [0.29, 0.717) is 23.9 Å². The maximum Gasteiger partial charge on any atom is 0.251 e. The largest absolute Gasteiger partial charge is 0.494 e. The number of hydrogen-bond donors (Lipinski definition) is 3. The van der Waals surface area contributed by atoms with Crippen molar-refractivity contribution >= 4 is 16.8 Å². The molecule has 1 fully saturated rings. The van der Waals surface area contributed by atoms with Crippen molar-refractivity contribution in [1.82, 2.24) is 20.5 Å². The van der Waals surface area contributed by atoms with Crippen molar-refractivity contribution < 1.29 is 32.6 Å². The number of methoxy groups -OCH3 is 1. The Hall–Kier alpha value is -4.02. The lowest BCUT2D eigenvalue weighted by Crippen LogP contribution is -2.43. The van der Waals surface area contributed by atoms with Crippen LogP contribution < -0.4 is 10.1 Å². The van der Waals surface area contributed by atoms with E-state index < -0.39 is 35.8 Å². The number of nitrogens with one attached hydrogen (secondary N) is 1. The number of nitrogens with zero attached hydrogens (tertiary/aromatic N) is 3. The topological polar surface area (TPSA) is 117 Å². The van der Waals surface area contributed by atoms with Gasteiger partial charge in [0.1, 0.15) is 28.4 Å². The molecule has 0 radical (unpaired) electrons. The van der Waals surface area contributed by atoms with Crippen LogP contribution in [-0.2, 0) is 11.2 Å². The minimum Gasteiger partial charge on any atom is -0.494 e. The van der Waals surface area contributed by atoms with Crippen molar-refractivity contribution in [3.8, 4) is 17.0 Å². The Kier molecular flexibility index (Phi) is 6.07. The Morgan fingerprint density at radius 3 is 2.50 bits per heavy atom. The van der Waals surface area contributed by atoms with E-state index >= 15 is 4.39 Å². The molecule has 8 nitrogen and oxygen atoms in total. The van der Waals surface area contributed by atoms with Gasteiger partial charge in [-0.05, 0) is 88.1 Å². The Labute approximate surface area is 234 Å². The van der Waals surface area contributed by atoms with Crippen LogP contribution in [0.2, 0.25) is 0 Å². The third-order valence-electron chi connectivity index (χ3n) is 7.10. The van der Waals surface area contributed by atoms with E-state index in [4.69, 9.17) is 8.85 Å². The van der Waals surface area contributed by atoms with Gasteiger partial charge in [0.25, 0.3) is 5.91 Å². The fourth-order valence-corrected chi connectivity index (χ4v) is 4.76. The number of aliphatic hydroxyl groups is 2. The number of halogens is 2. The van der Waals surface area contributed by atoms with Gasteiger partial charge < -0.3 is 20.3 Å². The summed E-state index contributed by atoms with van der Waals surface area (Å²) in [6.45, 7) is 4.15. The molecule has 2 heterocycles. The first-order chi connectivity index (χ1) is 20.0. The summed E-state index contributed by atoms with van der Waals surface area (Å²) in [7, 11) is -2.81. The fourth-order valence-electron chi connectivity index (χ4n) is 4.76. The molecule has 1 saturated carbocycles. The van der Waals surface area contributed by atoms with Gasteiger partial charge in [0.2, 0.25) is 0 Å². The molecule has 208 valence electrons. The lowest BCUT2D eigenvalue weighted by atomic mass is 9.87. The van der Waals surface area contributed by atoms with Crippen LogP contribution in [0.15, 0.2) is 48.5 Å². The zero-order chi connectivity index (χ0) is 31.3. The molecule has 1 aliphatic carbocycles. The molecule has 10 heteroatoms. The number of carbonyl (C=O) groups is 1. The Morgan fingerprint density at radius 2 is 1.85 bits per heavy atom. The van der Waals surface area contributed by atoms with Gasteiger partial charge >= 0.3 is 0 Å². The minimum atomic E-state index is -2.81. The van der Waals surface area contributed by atoms with Crippen LogP contribution in [-0.4, -0.2) is 44.9 Å². The number of pyridine rings is 1. The minimum absolute atomic E-state index is 0.0315. The van der Waals surface area contributed by atoms with Crippen LogP contribution in [0.4, 0.5) is 8.78 Å². The van der Waals surface area contributed by atoms with Gasteiger partial charge in [0.05, 0.1) is 34.7 Å². The molecule has 1 amide bonds. The second kappa shape index (κ2) is 10.2. The number of benzene rings is 2. The summed E-state index contributed by atoms with van der Waals surface area (Å²) in [6.07, 6.45) is 1.22. The summed E-state index contributed by atoms with van der Waals surface area (Å²) in [5.41, 5.74) is -2.70. The van der Waals surface area contributed by atoms with Crippen LogP contribution in [0.3, 0.4) is 0 Å². The van der Waals surface area contributed by atoms with Crippen molar-refractivity contribution in [2.75, 3.05) is 13.6 Å². The molecule has 3 N–H and O–H groups in total. The Morgan fingerprint density at radius 1 is 1.12 bits per heavy atom. The molecule has 2 aromatic carbocycles. The molecule has 4 aromatic rings. The standard InChI is InChI=1S/C30H30F2N4O4/c1-16-11-18-12-19(13-23(40-4)26(18)36-35-16)28(37)33-15-30(39,20-7-8-20)24-14-22(29(2,3)38)25(32)27(34-24)17-5-9-21(31)10-6-17/h5-6,9-14,20,38-39H,7-8,15H2,1-4H3,(H,33,37)/t30-/m1/s1/i4D3. The van der Waals surface area contributed by atoms with Crippen molar-refractivity contribution in [3.05, 3.63) is 82.7 Å². The Bertz CT molecular complexity index is 1710. The van der Waals surface area contributed by atoms with E-state index in [2.05, 4.69) is 20.5 Å². The second-order valence-corrected chi connectivity index (χ2v) is 10.7. The maximum atomic E-state index is 15.7. The quantitative estimate of drug-likeness (QED) is 0.294. The van der Waals surface area contributed by atoms with E-state index in [0.717, 1.165) is 12.1 Å². The average Bonchev–Trinajstić information content (AvgIpc) is 3.76. The predicted molar refractivity (Wildman–Crippen MR) is 145 cm³/mol. The smallest absolute Gasteiger partial charge is 0.251 e. The summed E-state index contributed by atoms with van der Waals surface area (Å²) in [6, 6.07) is 10.7. The zero-order valence-corrected chi connectivity index (χ0v) is 22.1. The molecule has 5 rings (SSSR count). The number of amides is 1. The van der Waals surface area contributed by atoms with Crippen LogP contribution in [0.25, 0.3) is 22.2 Å². The van der Waals surface area contributed by atoms with Crippen LogP contribution in [0.5, 0.6) is 5.75 Å². The van der Waals surface area contributed by atoms with Gasteiger partial charge in [-0.2, -0.15) is 5.10 Å². The molecule has 1 atom stereocenters. The van der Waals surface area contributed by atoms with Gasteiger partial charge in [0, 0.05) is 22.1 Å². The van der Waals surface area contributed by atoms with Crippen molar-refractivity contribution in [1.29, 1.82) is 0 Å². The van der Waals surface area contributed by atoms with Crippen molar-refractivity contribution in [3.63, 3.8) is 0 Å². The monoisotopic (exact) mass is 551 g/mol. The number of aromatic nitrogens is 3. The molecule has 0 aliphatic heterocycles. The molecule has 1 aliphatic rings. The second-order valence-electron chi connectivity index (χ2n) is 10.7. The lowest BCUT2D eigenvalue weighted by Gasteiger charge is -2.30. The molecule has 0 bridgehead atoms. The van der Waals surface area contributed by atoms with Gasteiger partial charge in [-0.3, -0.25) is 4.79 Å². The number of ether oxygens (including phenoxy) is 1. The molecule has 2 aromatic heterocycles. The Balaban J connectivity index is 1.52. The van der Waals surface area contributed by atoms with Gasteiger partial charge in [-0.15, -0.1) is 5.10 Å². The number of fused-ring (bicyclic) bond motifs is 1. The van der Waals surface area contributed by atoms with E-state index in [9.17, 15) is 19.4 Å². The SMILES string of the molecule is [2H]C([2H])([2H])Oc1cc(C(=O)NC[C@](O)(c2cc(C(C)(C)O)c(F)c(-c3ccc(F)cc3)n2)C2CC2)cc2cc(C)nnc12. The van der Waals surface area contributed by atoms with E-state index in [-0.39, 0.29) is 51.8 Å². The first kappa shape index (κ1) is 23.8. The molecule has 0 spiro atoms.